The number of halogens is 1. The Kier molecular flexibility index (Phi) is 8.07. The fraction of sp³-hybridized carbons (Fsp3) is 0.350. The average molecular weight is 408 g/mol. The summed E-state index contributed by atoms with van der Waals surface area (Å²) >= 11 is 6.33. The molecule has 0 atom stereocenters. The molecule has 0 bridgehead atoms. The first-order valence-electron chi connectivity index (χ1n) is 8.75. The van der Waals surface area contributed by atoms with Crippen LogP contribution in [0.5, 0.6) is 23.0 Å². The van der Waals surface area contributed by atoms with Crippen molar-refractivity contribution in [1.82, 2.24) is 5.32 Å². The van der Waals surface area contributed by atoms with Gasteiger partial charge in [0.25, 0.3) is 0 Å². The van der Waals surface area contributed by atoms with E-state index in [9.17, 15) is 0 Å². The van der Waals surface area contributed by atoms with E-state index < -0.39 is 0 Å². The van der Waals surface area contributed by atoms with Gasteiger partial charge < -0.3 is 29.6 Å². The number of ether oxygens (including phenoxy) is 4. The van der Waals surface area contributed by atoms with Crippen molar-refractivity contribution in [3.8, 4) is 23.0 Å². The Balaban J connectivity index is 2.09. The molecule has 0 fully saturated rings. The monoisotopic (exact) mass is 407 g/mol. The molecular formula is C20H26ClN3O4. The molecule has 2 aromatic carbocycles. The molecule has 0 saturated heterocycles. The lowest BCUT2D eigenvalue weighted by Gasteiger charge is -2.16. The molecule has 8 heteroatoms. The molecule has 0 aliphatic heterocycles. The highest BCUT2D eigenvalue weighted by Gasteiger charge is 2.12. The van der Waals surface area contributed by atoms with E-state index in [1.165, 1.54) is 0 Å². The van der Waals surface area contributed by atoms with Gasteiger partial charge in [-0.05, 0) is 36.8 Å². The Morgan fingerprint density at radius 3 is 2.32 bits per heavy atom. The highest BCUT2D eigenvalue weighted by molar-refractivity contribution is 6.32. The molecule has 0 aromatic heterocycles. The molecule has 7 nitrogen and oxygen atoms in total. The summed E-state index contributed by atoms with van der Waals surface area (Å²) in [6, 6.07) is 9.26. The Hall–Kier alpha value is -2.80. The molecule has 0 aliphatic carbocycles. The number of hydrogen-bond donors (Lipinski definition) is 2. The number of nitrogens with zero attached hydrogens (tertiary/aromatic N) is 1. The Morgan fingerprint density at radius 1 is 1.00 bits per heavy atom. The van der Waals surface area contributed by atoms with Crippen LogP contribution in [0.3, 0.4) is 0 Å². The third kappa shape index (κ3) is 5.36. The molecule has 28 heavy (non-hydrogen) atoms. The molecule has 2 N–H and O–H groups in total. The van der Waals surface area contributed by atoms with Crippen LogP contribution < -0.4 is 29.6 Å². The van der Waals surface area contributed by atoms with Gasteiger partial charge in [0.05, 0.1) is 33.0 Å². The molecule has 152 valence electrons. The van der Waals surface area contributed by atoms with E-state index in [1.807, 2.05) is 37.3 Å². The Bertz CT molecular complexity index is 827. The van der Waals surface area contributed by atoms with E-state index in [0.717, 1.165) is 11.3 Å². The van der Waals surface area contributed by atoms with Gasteiger partial charge in [-0.3, -0.25) is 4.99 Å². The van der Waals surface area contributed by atoms with Gasteiger partial charge in [0.1, 0.15) is 0 Å². The standard InChI is InChI=1S/C20H26ClN3O4/c1-6-28-19-15(21)9-13(10-18(19)27-5)12-23-20(22-2)24-14-7-8-16(25-3)17(11-14)26-4/h7-11H,6,12H2,1-5H3,(H2,22,23,24). The van der Waals surface area contributed by atoms with Crippen LogP contribution in [0.2, 0.25) is 5.02 Å². The maximum Gasteiger partial charge on any atom is 0.195 e. The summed E-state index contributed by atoms with van der Waals surface area (Å²) in [5, 5.41) is 6.96. The molecule has 0 spiro atoms. The van der Waals surface area contributed by atoms with Gasteiger partial charge in [-0.25, -0.2) is 0 Å². The zero-order valence-corrected chi connectivity index (χ0v) is 17.5. The van der Waals surface area contributed by atoms with Crippen molar-refractivity contribution in [2.24, 2.45) is 4.99 Å². The molecule has 0 aliphatic rings. The topological polar surface area (TPSA) is 73.3 Å². The summed E-state index contributed by atoms with van der Waals surface area (Å²) in [5.41, 5.74) is 1.74. The van der Waals surface area contributed by atoms with Crippen LogP contribution in [-0.4, -0.2) is 40.9 Å². The van der Waals surface area contributed by atoms with Crippen LogP contribution in [0, 0.1) is 0 Å². The number of rotatable bonds is 8. The fourth-order valence-corrected chi connectivity index (χ4v) is 2.86. The zero-order valence-electron chi connectivity index (χ0n) is 16.8. The number of aliphatic imine (C=N–C) groups is 1. The fourth-order valence-electron chi connectivity index (χ4n) is 2.58. The van der Waals surface area contributed by atoms with E-state index in [2.05, 4.69) is 15.6 Å². The molecule has 0 heterocycles. The number of nitrogens with one attached hydrogen (secondary N) is 2. The first-order valence-corrected chi connectivity index (χ1v) is 9.12. The summed E-state index contributed by atoms with van der Waals surface area (Å²) in [5.74, 6) is 3.02. The third-order valence-corrected chi connectivity index (χ3v) is 4.19. The molecule has 2 aromatic rings. The minimum atomic E-state index is 0.495. The van der Waals surface area contributed by atoms with Crippen molar-refractivity contribution < 1.29 is 18.9 Å². The van der Waals surface area contributed by atoms with Gasteiger partial charge in [0.15, 0.2) is 29.0 Å². The second-order valence-corrected chi connectivity index (χ2v) is 6.07. The number of benzene rings is 2. The average Bonchev–Trinajstić information content (AvgIpc) is 2.72. The van der Waals surface area contributed by atoms with Crippen LogP contribution in [0.1, 0.15) is 12.5 Å². The minimum Gasteiger partial charge on any atom is -0.493 e. The number of methoxy groups -OCH3 is 3. The van der Waals surface area contributed by atoms with E-state index in [-0.39, 0.29) is 0 Å². The van der Waals surface area contributed by atoms with E-state index in [1.54, 1.807) is 28.4 Å². The largest absolute Gasteiger partial charge is 0.493 e. The second kappa shape index (κ2) is 10.5. The molecule has 0 radical (unpaired) electrons. The lowest BCUT2D eigenvalue weighted by atomic mass is 10.2. The highest BCUT2D eigenvalue weighted by Crippen LogP contribution is 2.36. The lowest BCUT2D eigenvalue weighted by molar-refractivity contribution is 0.311. The number of hydrogen-bond acceptors (Lipinski definition) is 5. The highest BCUT2D eigenvalue weighted by atomic mass is 35.5. The first kappa shape index (κ1) is 21.5. The minimum absolute atomic E-state index is 0.495. The molecular weight excluding hydrogens is 382 g/mol. The predicted octanol–water partition coefficient (Wildman–Crippen LogP) is 3.95. The molecule has 0 saturated carbocycles. The maximum absolute atomic E-state index is 6.33. The predicted molar refractivity (Wildman–Crippen MR) is 113 cm³/mol. The Morgan fingerprint density at radius 2 is 1.71 bits per heavy atom. The SMILES string of the molecule is CCOc1c(Cl)cc(CNC(=NC)Nc2ccc(OC)c(OC)c2)cc1OC. The van der Waals surface area contributed by atoms with Crippen molar-refractivity contribution in [3.63, 3.8) is 0 Å². The van der Waals surface area contributed by atoms with Gasteiger partial charge in [0.2, 0.25) is 0 Å². The third-order valence-electron chi connectivity index (χ3n) is 3.91. The summed E-state index contributed by atoms with van der Waals surface area (Å²) in [6.45, 7) is 2.90. The lowest BCUT2D eigenvalue weighted by Crippen LogP contribution is -2.30. The van der Waals surface area contributed by atoms with Crippen molar-refractivity contribution in [2.75, 3.05) is 40.3 Å². The van der Waals surface area contributed by atoms with E-state index in [4.69, 9.17) is 30.5 Å². The van der Waals surface area contributed by atoms with Gasteiger partial charge in [-0.1, -0.05) is 11.6 Å². The maximum atomic E-state index is 6.33. The van der Waals surface area contributed by atoms with Crippen molar-refractivity contribution in [1.29, 1.82) is 0 Å². The second-order valence-electron chi connectivity index (χ2n) is 5.66. The molecule has 0 unspecified atom stereocenters. The van der Waals surface area contributed by atoms with E-state index in [0.29, 0.717) is 47.1 Å². The van der Waals surface area contributed by atoms with Crippen molar-refractivity contribution >= 4 is 23.2 Å². The van der Waals surface area contributed by atoms with Crippen LogP contribution in [0.25, 0.3) is 0 Å². The van der Waals surface area contributed by atoms with Crippen LogP contribution >= 0.6 is 11.6 Å². The normalized spacial score (nSPS) is 11.0. The molecule has 0 amide bonds. The number of anilines is 1. The molecule has 2 rings (SSSR count). The smallest absolute Gasteiger partial charge is 0.195 e. The quantitative estimate of drug-likeness (QED) is 0.510. The zero-order chi connectivity index (χ0) is 20.5. The van der Waals surface area contributed by atoms with Crippen LogP contribution in [0.4, 0.5) is 5.69 Å². The summed E-state index contributed by atoms with van der Waals surface area (Å²) in [4.78, 5) is 4.24. The van der Waals surface area contributed by atoms with Gasteiger partial charge >= 0.3 is 0 Å². The van der Waals surface area contributed by atoms with Crippen LogP contribution in [0.15, 0.2) is 35.3 Å². The van der Waals surface area contributed by atoms with Gasteiger partial charge in [0, 0.05) is 25.3 Å². The summed E-state index contributed by atoms with van der Waals surface area (Å²) in [7, 11) is 6.48. The van der Waals surface area contributed by atoms with Gasteiger partial charge in [-0.15, -0.1) is 0 Å². The van der Waals surface area contributed by atoms with Gasteiger partial charge in [-0.2, -0.15) is 0 Å². The number of guanidine groups is 1. The first-order chi connectivity index (χ1) is 13.6. The summed E-state index contributed by atoms with van der Waals surface area (Å²) in [6.07, 6.45) is 0. The van der Waals surface area contributed by atoms with E-state index >= 15 is 0 Å². The van der Waals surface area contributed by atoms with Crippen molar-refractivity contribution in [2.45, 2.75) is 13.5 Å². The summed E-state index contributed by atoms with van der Waals surface area (Å²) < 4.78 is 21.5. The van der Waals surface area contributed by atoms with Crippen molar-refractivity contribution in [3.05, 3.63) is 40.9 Å². The van der Waals surface area contributed by atoms with Crippen LogP contribution in [-0.2, 0) is 6.54 Å². The Labute approximate surface area is 170 Å².